The Morgan fingerprint density at radius 3 is 2.76 bits per heavy atom. The van der Waals surface area contributed by atoms with E-state index in [-0.39, 0.29) is 0 Å². The van der Waals surface area contributed by atoms with Crippen LogP contribution in [-0.4, -0.2) is 24.7 Å². The molecule has 0 aliphatic rings. The minimum atomic E-state index is 0.474. The van der Waals surface area contributed by atoms with Crippen LogP contribution in [0.15, 0.2) is 48.8 Å². The van der Waals surface area contributed by atoms with Crippen molar-refractivity contribution in [2.75, 3.05) is 5.73 Å². The Hall–Kier alpha value is -3.28. The molecule has 0 bridgehead atoms. The van der Waals surface area contributed by atoms with Gasteiger partial charge in [0.1, 0.15) is 12.1 Å². The number of nitrogens with two attached hydrogens (primary N) is 1. The van der Waals surface area contributed by atoms with E-state index >= 15 is 0 Å². The second-order valence-corrected chi connectivity index (χ2v) is 5.91. The number of hydrogen-bond donors (Lipinski definition) is 1. The number of fused-ring (bicyclic) bond motifs is 1. The molecule has 0 amide bonds. The summed E-state index contributed by atoms with van der Waals surface area (Å²) in [4.78, 5) is 13.0. The molecule has 0 radical (unpaired) electrons. The van der Waals surface area contributed by atoms with Crippen LogP contribution in [0, 0.1) is 6.92 Å². The molecule has 0 aliphatic heterocycles. The zero-order valence-corrected chi connectivity index (χ0v) is 14.1. The molecule has 0 saturated carbocycles. The number of rotatable bonds is 3. The zero-order valence-electron chi connectivity index (χ0n) is 14.1. The number of hydrogen-bond acceptors (Lipinski definition) is 5. The number of aryl methyl sites for hydroxylation is 2. The van der Waals surface area contributed by atoms with Gasteiger partial charge < -0.3 is 5.73 Å². The van der Waals surface area contributed by atoms with E-state index in [0.717, 1.165) is 45.8 Å². The first kappa shape index (κ1) is 15.3. The topological polar surface area (TPSA) is 82.5 Å². The van der Waals surface area contributed by atoms with Crippen molar-refractivity contribution >= 4 is 16.7 Å². The summed E-state index contributed by atoms with van der Waals surface area (Å²) in [5.74, 6) is 1.27. The molecule has 0 saturated heterocycles. The lowest BCUT2D eigenvalue weighted by Crippen LogP contribution is -2.03. The lowest BCUT2D eigenvalue weighted by Gasteiger charge is -2.09. The van der Waals surface area contributed by atoms with Gasteiger partial charge in [-0.15, -0.1) is 0 Å². The maximum absolute atomic E-state index is 6.02. The summed E-state index contributed by atoms with van der Waals surface area (Å²) in [7, 11) is 0. The number of anilines is 1. The van der Waals surface area contributed by atoms with Gasteiger partial charge in [0.05, 0.1) is 16.9 Å². The average molecular weight is 330 g/mol. The van der Waals surface area contributed by atoms with Gasteiger partial charge in [-0.05, 0) is 43.7 Å². The Labute approximate surface area is 145 Å². The van der Waals surface area contributed by atoms with E-state index in [2.05, 4.69) is 27.9 Å². The minimum Gasteiger partial charge on any atom is -0.383 e. The Kier molecular flexibility index (Phi) is 3.65. The third-order valence-electron chi connectivity index (χ3n) is 4.17. The molecule has 2 N–H and O–H groups in total. The van der Waals surface area contributed by atoms with Crippen molar-refractivity contribution in [2.24, 2.45) is 0 Å². The van der Waals surface area contributed by atoms with Crippen LogP contribution in [0.5, 0.6) is 0 Å². The lowest BCUT2D eigenvalue weighted by molar-refractivity contribution is 0.817. The van der Waals surface area contributed by atoms with Crippen LogP contribution < -0.4 is 5.73 Å². The van der Waals surface area contributed by atoms with Crippen LogP contribution in [0.3, 0.4) is 0 Å². The second-order valence-electron chi connectivity index (χ2n) is 5.91. The van der Waals surface area contributed by atoms with Crippen LogP contribution in [0.4, 0.5) is 5.82 Å². The fourth-order valence-corrected chi connectivity index (χ4v) is 2.87. The van der Waals surface area contributed by atoms with E-state index in [0.29, 0.717) is 5.82 Å². The van der Waals surface area contributed by atoms with Gasteiger partial charge in [-0.1, -0.05) is 19.1 Å². The lowest BCUT2D eigenvalue weighted by atomic mass is 10.1. The SMILES string of the molecule is CCc1cc(-c2ccc3ncnc(N)c3c2)n(-c2cccc(C)n2)n1. The molecule has 4 rings (SSSR count). The summed E-state index contributed by atoms with van der Waals surface area (Å²) < 4.78 is 1.88. The van der Waals surface area contributed by atoms with Crippen LogP contribution >= 0.6 is 0 Å². The highest BCUT2D eigenvalue weighted by Gasteiger charge is 2.13. The highest BCUT2D eigenvalue weighted by molar-refractivity contribution is 5.91. The molecule has 3 heterocycles. The summed E-state index contributed by atoms with van der Waals surface area (Å²) in [5.41, 5.74) is 10.8. The van der Waals surface area contributed by atoms with Crippen LogP contribution in [0.2, 0.25) is 0 Å². The molecule has 0 spiro atoms. The molecular weight excluding hydrogens is 312 g/mol. The van der Waals surface area contributed by atoms with Gasteiger partial charge in [0.15, 0.2) is 5.82 Å². The normalized spacial score (nSPS) is 11.1. The van der Waals surface area contributed by atoms with Crippen molar-refractivity contribution in [2.45, 2.75) is 20.3 Å². The van der Waals surface area contributed by atoms with Crippen LogP contribution in [0.25, 0.3) is 28.0 Å². The highest BCUT2D eigenvalue weighted by atomic mass is 15.3. The first-order valence-electron chi connectivity index (χ1n) is 8.19. The molecule has 0 unspecified atom stereocenters. The number of nitrogen functional groups attached to an aromatic ring is 1. The van der Waals surface area contributed by atoms with E-state index in [1.807, 2.05) is 48.0 Å². The van der Waals surface area contributed by atoms with Gasteiger partial charge in [-0.25, -0.2) is 19.6 Å². The fraction of sp³-hybridized carbons (Fsp3) is 0.158. The van der Waals surface area contributed by atoms with E-state index in [1.165, 1.54) is 6.33 Å². The first-order chi connectivity index (χ1) is 12.2. The largest absolute Gasteiger partial charge is 0.383 e. The first-order valence-corrected chi connectivity index (χ1v) is 8.19. The number of pyridine rings is 1. The molecule has 0 atom stereocenters. The predicted molar refractivity (Wildman–Crippen MR) is 98.4 cm³/mol. The second kappa shape index (κ2) is 5.98. The van der Waals surface area contributed by atoms with Crippen molar-refractivity contribution in [1.29, 1.82) is 0 Å². The van der Waals surface area contributed by atoms with Crippen molar-refractivity contribution in [1.82, 2.24) is 24.7 Å². The quantitative estimate of drug-likeness (QED) is 0.623. The summed E-state index contributed by atoms with van der Waals surface area (Å²) in [6, 6.07) is 14.0. The van der Waals surface area contributed by atoms with E-state index in [4.69, 9.17) is 10.8 Å². The highest BCUT2D eigenvalue weighted by Crippen LogP contribution is 2.28. The fourth-order valence-electron chi connectivity index (χ4n) is 2.87. The van der Waals surface area contributed by atoms with Gasteiger partial charge in [0.25, 0.3) is 0 Å². The molecule has 25 heavy (non-hydrogen) atoms. The molecule has 6 nitrogen and oxygen atoms in total. The Bertz CT molecular complexity index is 1070. The number of benzene rings is 1. The van der Waals surface area contributed by atoms with Gasteiger partial charge in [0, 0.05) is 16.6 Å². The number of aromatic nitrogens is 5. The van der Waals surface area contributed by atoms with Gasteiger partial charge in [-0.2, -0.15) is 5.10 Å². The summed E-state index contributed by atoms with van der Waals surface area (Å²) in [6.07, 6.45) is 2.33. The maximum Gasteiger partial charge on any atom is 0.154 e. The third-order valence-corrected chi connectivity index (χ3v) is 4.17. The summed E-state index contributed by atoms with van der Waals surface area (Å²) >= 11 is 0. The monoisotopic (exact) mass is 330 g/mol. The molecule has 3 aromatic heterocycles. The Morgan fingerprint density at radius 1 is 1.08 bits per heavy atom. The molecule has 6 heteroatoms. The molecule has 0 fully saturated rings. The summed E-state index contributed by atoms with van der Waals surface area (Å²) in [5, 5.41) is 5.55. The Balaban J connectivity index is 1.93. The zero-order chi connectivity index (χ0) is 17.4. The molecule has 4 aromatic rings. The molecule has 0 aliphatic carbocycles. The number of nitrogens with zero attached hydrogens (tertiary/aromatic N) is 5. The van der Waals surface area contributed by atoms with Gasteiger partial charge in [0.2, 0.25) is 0 Å². The summed E-state index contributed by atoms with van der Waals surface area (Å²) in [6.45, 7) is 4.06. The van der Waals surface area contributed by atoms with Gasteiger partial charge in [-0.3, -0.25) is 0 Å². The van der Waals surface area contributed by atoms with E-state index in [1.54, 1.807) is 0 Å². The Morgan fingerprint density at radius 2 is 1.96 bits per heavy atom. The van der Waals surface area contributed by atoms with E-state index < -0.39 is 0 Å². The average Bonchev–Trinajstić information content (AvgIpc) is 3.06. The predicted octanol–water partition coefficient (Wildman–Crippen LogP) is 3.33. The van der Waals surface area contributed by atoms with Crippen molar-refractivity contribution in [3.63, 3.8) is 0 Å². The van der Waals surface area contributed by atoms with Crippen LogP contribution in [-0.2, 0) is 6.42 Å². The van der Waals surface area contributed by atoms with Crippen molar-refractivity contribution in [3.8, 4) is 17.1 Å². The molecule has 1 aromatic carbocycles. The third kappa shape index (κ3) is 2.71. The minimum absolute atomic E-state index is 0.474. The van der Waals surface area contributed by atoms with Gasteiger partial charge >= 0.3 is 0 Å². The standard InChI is InChI=1S/C19H18N6/c1-3-14-10-17(25(24-14)18-6-4-5-12(2)23-18)13-7-8-16-15(9-13)19(20)22-11-21-16/h4-11H,3H2,1-2H3,(H2,20,21,22). The van der Waals surface area contributed by atoms with Crippen molar-refractivity contribution < 1.29 is 0 Å². The van der Waals surface area contributed by atoms with Crippen LogP contribution in [0.1, 0.15) is 18.3 Å². The molecular formula is C19H18N6. The van der Waals surface area contributed by atoms with E-state index in [9.17, 15) is 0 Å². The molecule has 124 valence electrons. The van der Waals surface area contributed by atoms with Crippen molar-refractivity contribution in [3.05, 3.63) is 60.2 Å². The smallest absolute Gasteiger partial charge is 0.154 e. The maximum atomic E-state index is 6.02.